The number of rotatable bonds is 6. The van der Waals surface area contributed by atoms with E-state index in [-0.39, 0.29) is 12.3 Å². The van der Waals surface area contributed by atoms with Crippen LogP contribution in [0.2, 0.25) is 0 Å². The van der Waals surface area contributed by atoms with E-state index in [4.69, 9.17) is 10.6 Å². The molecule has 8 nitrogen and oxygen atoms in total. The molecule has 18 heavy (non-hydrogen) atoms. The van der Waals surface area contributed by atoms with Gasteiger partial charge in [0.2, 0.25) is 5.78 Å². The van der Waals surface area contributed by atoms with Gasteiger partial charge in [0.05, 0.1) is 11.5 Å². The van der Waals surface area contributed by atoms with Crippen molar-refractivity contribution in [3.05, 3.63) is 39.9 Å². The molecule has 96 valence electrons. The van der Waals surface area contributed by atoms with Crippen molar-refractivity contribution in [1.29, 1.82) is 0 Å². The number of non-ortho nitro benzene ring substituents is 1. The summed E-state index contributed by atoms with van der Waals surface area (Å²) in [6.45, 7) is -0.332. The Morgan fingerprint density at radius 1 is 1.33 bits per heavy atom. The Morgan fingerprint density at radius 3 is 2.44 bits per heavy atom. The SMILES string of the molecule is NNC(=O)C(=O)COCc1ccc([N+](=O)[O-])cc1. The van der Waals surface area contributed by atoms with Gasteiger partial charge in [-0.1, -0.05) is 0 Å². The van der Waals surface area contributed by atoms with Gasteiger partial charge in [-0.2, -0.15) is 0 Å². The number of hydrogen-bond donors (Lipinski definition) is 2. The summed E-state index contributed by atoms with van der Waals surface area (Å²) in [7, 11) is 0. The van der Waals surface area contributed by atoms with Crippen LogP contribution in [0, 0.1) is 10.1 Å². The Bertz CT molecular complexity index is 457. The standard InChI is InChI=1S/C10H11N3O5/c11-12-10(15)9(14)6-18-5-7-1-3-8(4-2-7)13(16)17/h1-4H,5-6,11H2,(H,12,15). The maximum atomic E-state index is 11.0. The summed E-state index contributed by atoms with van der Waals surface area (Å²) in [5, 5.41) is 10.4. The van der Waals surface area contributed by atoms with E-state index < -0.39 is 23.2 Å². The molecule has 0 atom stereocenters. The van der Waals surface area contributed by atoms with E-state index in [0.717, 1.165) is 0 Å². The smallest absolute Gasteiger partial charge is 0.303 e. The summed E-state index contributed by atoms with van der Waals surface area (Å²) in [6, 6.07) is 5.66. The van der Waals surface area contributed by atoms with Crippen LogP contribution in [0.4, 0.5) is 5.69 Å². The van der Waals surface area contributed by atoms with Crippen molar-refractivity contribution in [1.82, 2.24) is 5.43 Å². The van der Waals surface area contributed by atoms with Crippen LogP contribution in [-0.2, 0) is 20.9 Å². The van der Waals surface area contributed by atoms with Crippen molar-refractivity contribution in [3.8, 4) is 0 Å². The number of nitro groups is 1. The zero-order valence-corrected chi connectivity index (χ0v) is 9.29. The van der Waals surface area contributed by atoms with Gasteiger partial charge in [0.15, 0.2) is 0 Å². The maximum Gasteiger partial charge on any atom is 0.303 e. The van der Waals surface area contributed by atoms with Gasteiger partial charge in [0, 0.05) is 12.1 Å². The highest BCUT2D eigenvalue weighted by molar-refractivity contribution is 6.36. The van der Waals surface area contributed by atoms with Gasteiger partial charge in [-0.15, -0.1) is 0 Å². The second kappa shape index (κ2) is 6.42. The van der Waals surface area contributed by atoms with E-state index in [2.05, 4.69) is 0 Å². The lowest BCUT2D eigenvalue weighted by atomic mass is 10.2. The number of nitro benzene ring substituents is 1. The molecule has 0 aliphatic carbocycles. The predicted molar refractivity (Wildman–Crippen MR) is 60.1 cm³/mol. The van der Waals surface area contributed by atoms with Gasteiger partial charge in [-0.05, 0) is 17.7 Å². The average Bonchev–Trinajstić information content (AvgIpc) is 2.38. The second-order valence-corrected chi connectivity index (χ2v) is 3.31. The van der Waals surface area contributed by atoms with E-state index >= 15 is 0 Å². The van der Waals surface area contributed by atoms with Crippen LogP contribution >= 0.6 is 0 Å². The first-order valence-electron chi connectivity index (χ1n) is 4.89. The summed E-state index contributed by atoms with van der Waals surface area (Å²) >= 11 is 0. The molecular formula is C10H11N3O5. The quantitative estimate of drug-likeness (QED) is 0.235. The first-order valence-corrected chi connectivity index (χ1v) is 4.89. The summed E-state index contributed by atoms with van der Waals surface area (Å²) < 4.78 is 4.97. The van der Waals surface area contributed by atoms with E-state index in [1.54, 1.807) is 5.43 Å². The molecule has 0 aliphatic rings. The molecule has 0 aromatic heterocycles. The molecule has 8 heteroatoms. The molecule has 0 aliphatic heterocycles. The number of nitrogens with one attached hydrogen (secondary N) is 1. The lowest BCUT2D eigenvalue weighted by Crippen LogP contribution is -2.38. The van der Waals surface area contributed by atoms with Crippen LogP contribution in [0.25, 0.3) is 0 Å². The lowest BCUT2D eigenvalue weighted by Gasteiger charge is -2.03. The number of hydrazine groups is 1. The van der Waals surface area contributed by atoms with Crippen LogP contribution < -0.4 is 11.3 Å². The molecule has 1 rings (SSSR count). The lowest BCUT2D eigenvalue weighted by molar-refractivity contribution is -0.384. The summed E-state index contributed by atoms with van der Waals surface area (Å²) in [5.74, 6) is 3.04. The van der Waals surface area contributed by atoms with E-state index in [9.17, 15) is 19.7 Å². The van der Waals surface area contributed by atoms with Crippen LogP contribution in [0.15, 0.2) is 24.3 Å². The highest BCUT2D eigenvalue weighted by Gasteiger charge is 2.11. The maximum absolute atomic E-state index is 11.0. The van der Waals surface area contributed by atoms with E-state index in [0.29, 0.717) is 5.56 Å². The number of carbonyl (C=O) groups excluding carboxylic acids is 2. The molecular weight excluding hydrogens is 242 g/mol. The van der Waals surface area contributed by atoms with E-state index in [1.165, 1.54) is 24.3 Å². The first-order chi connectivity index (χ1) is 8.54. The van der Waals surface area contributed by atoms with Crippen LogP contribution in [0.1, 0.15) is 5.56 Å². The zero-order valence-electron chi connectivity index (χ0n) is 9.29. The molecule has 1 amide bonds. The number of benzene rings is 1. The average molecular weight is 253 g/mol. The Hall–Kier alpha value is -2.32. The number of nitrogens with zero attached hydrogens (tertiary/aromatic N) is 1. The van der Waals surface area contributed by atoms with E-state index in [1.807, 2.05) is 0 Å². The molecule has 0 heterocycles. The number of carbonyl (C=O) groups is 2. The van der Waals surface area contributed by atoms with Crippen molar-refractivity contribution >= 4 is 17.4 Å². The third kappa shape index (κ3) is 3.92. The van der Waals surface area contributed by atoms with Crippen LogP contribution in [-0.4, -0.2) is 23.2 Å². The van der Waals surface area contributed by atoms with Crippen molar-refractivity contribution in [2.45, 2.75) is 6.61 Å². The summed E-state index contributed by atoms with van der Waals surface area (Å²) in [4.78, 5) is 31.6. The fourth-order valence-corrected chi connectivity index (χ4v) is 1.12. The van der Waals surface area contributed by atoms with Crippen LogP contribution in [0.3, 0.4) is 0 Å². The van der Waals surface area contributed by atoms with Gasteiger partial charge in [0.1, 0.15) is 6.61 Å². The minimum Gasteiger partial charge on any atom is -0.368 e. The highest BCUT2D eigenvalue weighted by atomic mass is 16.6. The van der Waals surface area contributed by atoms with Gasteiger partial charge in [-0.25, -0.2) is 5.84 Å². The largest absolute Gasteiger partial charge is 0.368 e. The molecule has 0 saturated heterocycles. The van der Waals surface area contributed by atoms with Crippen molar-refractivity contribution in [3.63, 3.8) is 0 Å². The number of nitrogens with two attached hydrogens (primary N) is 1. The summed E-state index contributed by atoms with van der Waals surface area (Å²) in [5.41, 5.74) is 2.31. The third-order valence-corrected chi connectivity index (χ3v) is 2.03. The monoisotopic (exact) mass is 253 g/mol. The normalized spacial score (nSPS) is 9.83. The number of ether oxygens (including phenoxy) is 1. The van der Waals surface area contributed by atoms with Crippen molar-refractivity contribution < 1.29 is 19.2 Å². The number of amides is 1. The second-order valence-electron chi connectivity index (χ2n) is 3.31. The van der Waals surface area contributed by atoms with Gasteiger partial charge >= 0.3 is 5.91 Å². The zero-order chi connectivity index (χ0) is 13.5. The molecule has 0 spiro atoms. The molecule has 3 N–H and O–H groups in total. The minimum atomic E-state index is -0.932. The Morgan fingerprint density at radius 2 is 1.94 bits per heavy atom. The molecule has 0 fully saturated rings. The van der Waals surface area contributed by atoms with Gasteiger partial charge < -0.3 is 4.74 Å². The molecule has 0 unspecified atom stereocenters. The fourth-order valence-electron chi connectivity index (χ4n) is 1.12. The highest BCUT2D eigenvalue weighted by Crippen LogP contribution is 2.12. The third-order valence-electron chi connectivity index (χ3n) is 2.03. The first kappa shape index (κ1) is 13.7. The Labute approximate surface area is 102 Å². The number of Topliss-reactive ketones (excluding diaryl/α,β-unsaturated/α-hetero) is 1. The molecule has 1 aromatic carbocycles. The fraction of sp³-hybridized carbons (Fsp3) is 0.200. The van der Waals surface area contributed by atoms with Gasteiger partial charge in [-0.3, -0.25) is 25.1 Å². The molecule has 0 saturated carbocycles. The van der Waals surface area contributed by atoms with Crippen molar-refractivity contribution in [2.24, 2.45) is 5.84 Å². The van der Waals surface area contributed by atoms with Crippen molar-refractivity contribution in [2.75, 3.05) is 6.61 Å². The van der Waals surface area contributed by atoms with Gasteiger partial charge in [0.25, 0.3) is 5.69 Å². The Balaban J connectivity index is 2.42. The number of ketones is 1. The molecule has 0 radical (unpaired) electrons. The molecule has 0 bridgehead atoms. The predicted octanol–water partition coefficient (Wildman–Crippen LogP) is -0.330. The minimum absolute atomic E-state index is 0.0302. The Kier molecular flexibility index (Phi) is 4.90. The number of hydrogen-bond acceptors (Lipinski definition) is 6. The molecule has 1 aromatic rings. The topological polar surface area (TPSA) is 125 Å². The summed E-state index contributed by atoms with van der Waals surface area (Å²) in [6.07, 6.45) is 0. The van der Waals surface area contributed by atoms with Crippen LogP contribution in [0.5, 0.6) is 0 Å².